The molecular formula is C26H34N4O4. The lowest BCUT2D eigenvalue weighted by Gasteiger charge is -2.40. The van der Waals surface area contributed by atoms with Crippen LogP contribution in [0.3, 0.4) is 0 Å². The summed E-state index contributed by atoms with van der Waals surface area (Å²) in [6, 6.07) is 13.9. The summed E-state index contributed by atoms with van der Waals surface area (Å²) in [5, 5.41) is 12.2. The number of nitrogens with zero attached hydrogens (tertiary/aromatic N) is 3. The molecular weight excluding hydrogens is 432 g/mol. The second kappa shape index (κ2) is 10.9. The average molecular weight is 467 g/mol. The van der Waals surface area contributed by atoms with Crippen molar-refractivity contribution in [2.45, 2.75) is 39.3 Å². The van der Waals surface area contributed by atoms with E-state index in [2.05, 4.69) is 21.2 Å². The number of fused-ring (bicyclic) bond motifs is 1. The van der Waals surface area contributed by atoms with Crippen molar-refractivity contribution in [3.8, 4) is 0 Å². The van der Waals surface area contributed by atoms with Gasteiger partial charge in [0.2, 0.25) is 5.91 Å². The minimum atomic E-state index is -0.281. The van der Waals surface area contributed by atoms with Crippen molar-refractivity contribution in [1.82, 2.24) is 4.90 Å². The van der Waals surface area contributed by atoms with Crippen LogP contribution in [0.25, 0.3) is 0 Å². The Morgan fingerprint density at radius 1 is 1.18 bits per heavy atom. The van der Waals surface area contributed by atoms with Gasteiger partial charge in [-0.05, 0) is 57.0 Å². The number of hydrogen-bond acceptors (Lipinski definition) is 6. The smallest absolute Gasteiger partial charge is 0.414 e. The van der Waals surface area contributed by atoms with Gasteiger partial charge in [0, 0.05) is 49.2 Å². The monoisotopic (exact) mass is 466 g/mol. The Balaban J connectivity index is 1.29. The Hall–Kier alpha value is -3.10. The third kappa shape index (κ3) is 5.51. The van der Waals surface area contributed by atoms with Crippen LogP contribution in [0.1, 0.15) is 30.9 Å². The molecule has 0 bridgehead atoms. The molecule has 0 unspecified atom stereocenters. The molecule has 1 fully saturated rings. The molecule has 4 rings (SSSR count). The number of aliphatic hydroxyl groups excluding tert-OH is 1. The number of piperidine rings is 1. The van der Waals surface area contributed by atoms with Crippen molar-refractivity contribution in [3.05, 3.63) is 53.6 Å². The number of cyclic esters (lactones) is 1. The first kappa shape index (κ1) is 24.0. The maximum atomic E-state index is 12.6. The van der Waals surface area contributed by atoms with Gasteiger partial charge in [-0.15, -0.1) is 0 Å². The summed E-state index contributed by atoms with van der Waals surface area (Å²) in [4.78, 5) is 31.2. The average Bonchev–Trinajstić information content (AvgIpc) is 2.84. The summed E-state index contributed by atoms with van der Waals surface area (Å²) in [5.41, 5.74) is 4.92. The summed E-state index contributed by atoms with van der Waals surface area (Å²) in [6.07, 6.45) is 1.31. The van der Waals surface area contributed by atoms with Crippen LogP contribution in [0.2, 0.25) is 0 Å². The molecule has 1 saturated heterocycles. The van der Waals surface area contributed by atoms with E-state index in [1.54, 1.807) is 4.90 Å². The number of anilines is 3. The molecule has 2 aromatic rings. The van der Waals surface area contributed by atoms with Crippen LogP contribution in [0, 0.1) is 6.92 Å². The second-order valence-electron chi connectivity index (χ2n) is 8.96. The van der Waals surface area contributed by atoms with Crippen LogP contribution in [0.4, 0.5) is 21.9 Å². The number of likely N-dealkylation sites (N-methyl/N-ethyl adjacent to an activating group) is 1. The number of carbonyl (C=O) groups is 2. The largest absolute Gasteiger partial charge is 0.444 e. The predicted octanol–water partition coefficient (Wildman–Crippen LogP) is 3.37. The van der Waals surface area contributed by atoms with E-state index in [0.29, 0.717) is 19.7 Å². The van der Waals surface area contributed by atoms with Crippen LogP contribution >= 0.6 is 0 Å². The third-order valence-electron chi connectivity index (χ3n) is 6.60. The molecule has 2 aliphatic rings. The van der Waals surface area contributed by atoms with E-state index in [4.69, 9.17) is 4.74 Å². The molecule has 34 heavy (non-hydrogen) atoms. The molecule has 0 aliphatic carbocycles. The molecule has 8 heteroatoms. The number of nitrogens with one attached hydrogen (secondary N) is 1. The standard InChI is InChI=1S/C26H34N4O4/c1-3-29(14-15-31)22-7-5-21(6-8-22)27-25(32)17-28-12-10-23(11-13-28)30-24-9-4-19(2)16-20(24)18-34-26(30)33/h4-9,16,23,31H,3,10-15,17-18H2,1-2H3,(H,27,32). The van der Waals surface area contributed by atoms with E-state index in [1.165, 1.54) is 0 Å². The predicted molar refractivity (Wildman–Crippen MR) is 133 cm³/mol. The van der Waals surface area contributed by atoms with Crippen molar-refractivity contribution in [2.24, 2.45) is 0 Å². The van der Waals surface area contributed by atoms with Crippen LogP contribution in [-0.2, 0) is 16.1 Å². The topological polar surface area (TPSA) is 85.4 Å². The molecule has 0 aromatic heterocycles. The van der Waals surface area contributed by atoms with Gasteiger partial charge in [-0.25, -0.2) is 4.79 Å². The lowest BCUT2D eigenvalue weighted by Crippen LogP contribution is -2.50. The first-order chi connectivity index (χ1) is 16.5. The maximum Gasteiger partial charge on any atom is 0.414 e. The minimum Gasteiger partial charge on any atom is -0.444 e. The Labute approximate surface area is 201 Å². The van der Waals surface area contributed by atoms with E-state index in [9.17, 15) is 14.7 Å². The van der Waals surface area contributed by atoms with Crippen LogP contribution in [0.15, 0.2) is 42.5 Å². The van der Waals surface area contributed by atoms with E-state index in [-0.39, 0.29) is 24.6 Å². The number of aryl methyl sites for hydroxylation is 1. The number of ether oxygens (including phenoxy) is 1. The molecule has 0 spiro atoms. The minimum absolute atomic E-state index is 0.0490. The fraction of sp³-hybridized carbons (Fsp3) is 0.462. The van der Waals surface area contributed by atoms with Gasteiger partial charge in [-0.1, -0.05) is 17.7 Å². The highest BCUT2D eigenvalue weighted by Crippen LogP contribution is 2.32. The Morgan fingerprint density at radius 3 is 2.59 bits per heavy atom. The highest BCUT2D eigenvalue weighted by molar-refractivity contribution is 5.92. The number of hydrogen-bond donors (Lipinski definition) is 2. The van der Waals surface area contributed by atoms with E-state index < -0.39 is 0 Å². The number of amides is 2. The first-order valence-corrected chi connectivity index (χ1v) is 12.0. The number of aliphatic hydroxyl groups is 1. The molecule has 2 N–H and O–H groups in total. The maximum absolute atomic E-state index is 12.6. The second-order valence-corrected chi connectivity index (χ2v) is 8.96. The highest BCUT2D eigenvalue weighted by atomic mass is 16.6. The van der Waals surface area contributed by atoms with Gasteiger partial charge in [0.15, 0.2) is 0 Å². The molecule has 0 radical (unpaired) electrons. The van der Waals surface area contributed by atoms with Crippen LogP contribution < -0.4 is 15.1 Å². The van der Waals surface area contributed by atoms with Gasteiger partial charge in [-0.3, -0.25) is 14.6 Å². The van der Waals surface area contributed by atoms with Gasteiger partial charge >= 0.3 is 6.09 Å². The Kier molecular flexibility index (Phi) is 7.70. The lowest BCUT2D eigenvalue weighted by atomic mass is 10.00. The zero-order valence-corrected chi connectivity index (χ0v) is 20.0. The molecule has 2 heterocycles. The van der Waals surface area contributed by atoms with Gasteiger partial charge in [-0.2, -0.15) is 0 Å². The number of likely N-dealkylation sites (tertiary alicyclic amines) is 1. The molecule has 2 aliphatic heterocycles. The molecule has 2 aromatic carbocycles. The van der Waals surface area contributed by atoms with E-state index in [1.807, 2.05) is 50.2 Å². The van der Waals surface area contributed by atoms with Crippen LogP contribution in [-0.4, -0.2) is 67.4 Å². The zero-order chi connectivity index (χ0) is 24.1. The summed E-state index contributed by atoms with van der Waals surface area (Å²) in [5.74, 6) is -0.0490. The zero-order valence-electron chi connectivity index (χ0n) is 20.0. The number of rotatable bonds is 8. The normalized spacial score (nSPS) is 16.7. The van der Waals surface area contributed by atoms with Crippen molar-refractivity contribution in [3.63, 3.8) is 0 Å². The van der Waals surface area contributed by atoms with E-state index >= 15 is 0 Å². The van der Waals surface area contributed by atoms with Gasteiger partial charge in [0.05, 0.1) is 18.8 Å². The number of carbonyl (C=O) groups excluding carboxylic acids is 2. The first-order valence-electron chi connectivity index (χ1n) is 12.0. The van der Waals surface area contributed by atoms with Crippen molar-refractivity contribution >= 4 is 29.1 Å². The summed E-state index contributed by atoms with van der Waals surface area (Å²) >= 11 is 0. The van der Waals surface area contributed by atoms with Crippen molar-refractivity contribution in [2.75, 3.05) is 54.4 Å². The quantitative estimate of drug-likeness (QED) is 0.621. The van der Waals surface area contributed by atoms with Gasteiger partial charge < -0.3 is 20.1 Å². The SMILES string of the molecule is CCN(CCO)c1ccc(NC(=O)CN2CCC(N3C(=O)OCc4cc(C)ccc43)CC2)cc1. The highest BCUT2D eigenvalue weighted by Gasteiger charge is 2.34. The summed E-state index contributed by atoms with van der Waals surface area (Å²) < 4.78 is 5.42. The van der Waals surface area contributed by atoms with Crippen LogP contribution in [0.5, 0.6) is 0 Å². The van der Waals surface area contributed by atoms with Crippen molar-refractivity contribution < 1.29 is 19.4 Å². The summed E-state index contributed by atoms with van der Waals surface area (Å²) in [6.45, 7) is 7.71. The van der Waals surface area contributed by atoms with E-state index in [0.717, 1.165) is 60.7 Å². The molecule has 0 saturated carbocycles. The lowest BCUT2D eigenvalue weighted by molar-refractivity contribution is -0.117. The molecule has 182 valence electrons. The Bertz CT molecular complexity index is 1000. The fourth-order valence-corrected chi connectivity index (χ4v) is 4.80. The molecule has 8 nitrogen and oxygen atoms in total. The molecule has 2 amide bonds. The Morgan fingerprint density at radius 2 is 1.91 bits per heavy atom. The fourth-order valence-electron chi connectivity index (χ4n) is 4.80. The van der Waals surface area contributed by atoms with Gasteiger partial charge in [0.25, 0.3) is 0 Å². The third-order valence-corrected chi connectivity index (χ3v) is 6.60. The van der Waals surface area contributed by atoms with Crippen molar-refractivity contribution in [1.29, 1.82) is 0 Å². The number of benzene rings is 2. The molecule has 0 atom stereocenters. The van der Waals surface area contributed by atoms with Gasteiger partial charge in [0.1, 0.15) is 6.61 Å². The summed E-state index contributed by atoms with van der Waals surface area (Å²) in [7, 11) is 0.